The molecule has 2 aliphatic rings. The number of piperidine rings is 1. The number of esters is 2. The lowest BCUT2D eigenvalue weighted by atomic mass is 9.98. The van der Waals surface area contributed by atoms with Crippen molar-refractivity contribution < 1.29 is 19.1 Å². The zero-order chi connectivity index (χ0) is 25.6. The van der Waals surface area contributed by atoms with Crippen LogP contribution >= 0.6 is 0 Å². The van der Waals surface area contributed by atoms with E-state index in [-0.39, 0.29) is 24.6 Å². The number of carbonyl (C=O) groups is 2. The molecule has 0 radical (unpaired) electrons. The molecule has 1 aromatic carbocycles. The van der Waals surface area contributed by atoms with E-state index >= 15 is 0 Å². The maximum Gasteiger partial charge on any atom is 0.317 e. The highest BCUT2D eigenvalue weighted by molar-refractivity contribution is 5.79. The second-order valence-corrected chi connectivity index (χ2v) is 10.6. The van der Waals surface area contributed by atoms with Gasteiger partial charge in [-0.2, -0.15) is 0 Å². The lowest BCUT2D eigenvalue weighted by Gasteiger charge is -2.36. The Kier molecular flexibility index (Phi) is 12.5. The molecule has 1 aromatic rings. The molecule has 2 saturated heterocycles. The van der Waals surface area contributed by atoms with Crippen molar-refractivity contribution in [3.05, 3.63) is 48.0 Å². The van der Waals surface area contributed by atoms with E-state index in [1.165, 1.54) is 44.9 Å². The van der Waals surface area contributed by atoms with Crippen LogP contribution < -0.4 is 0 Å². The third kappa shape index (κ3) is 9.38. The summed E-state index contributed by atoms with van der Waals surface area (Å²) in [5.74, 6) is -1.07. The molecule has 0 spiro atoms. The lowest BCUT2D eigenvalue weighted by Crippen LogP contribution is -2.44. The molecule has 3 rings (SSSR count). The molecule has 2 unspecified atom stereocenters. The Morgan fingerprint density at radius 1 is 0.944 bits per heavy atom. The Labute approximate surface area is 218 Å². The number of rotatable bonds is 16. The van der Waals surface area contributed by atoms with Crippen molar-refractivity contribution in [2.45, 2.75) is 121 Å². The second kappa shape index (κ2) is 15.9. The zero-order valence-electron chi connectivity index (χ0n) is 22.5. The normalized spacial score (nSPS) is 22.6. The number of allylic oxidation sites excluding steroid dienone is 2. The van der Waals surface area contributed by atoms with Crippen LogP contribution in [0.25, 0.3) is 0 Å². The topological polar surface area (TPSA) is 55.8 Å². The van der Waals surface area contributed by atoms with E-state index in [1.54, 1.807) is 0 Å². The molecule has 0 saturated carbocycles. The first-order valence-corrected chi connectivity index (χ1v) is 14.4. The maximum absolute atomic E-state index is 13.2. The van der Waals surface area contributed by atoms with Crippen LogP contribution in [0.1, 0.15) is 108 Å². The molecule has 0 N–H and O–H groups in total. The van der Waals surface area contributed by atoms with Crippen molar-refractivity contribution >= 4 is 11.9 Å². The van der Waals surface area contributed by atoms with Crippen LogP contribution in [0.5, 0.6) is 0 Å². The van der Waals surface area contributed by atoms with Crippen molar-refractivity contribution in [1.82, 2.24) is 4.90 Å². The van der Waals surface area contributed by atoms with Gasteiger partial charge in [0.2, 0.25) is 0 Å². The van der Waals surface area contributed by atoms with Crippen molar-refractivity contribution in [2.24, 2.45) is 0 Å². The summed E-state index contributed by atoms with van der Waals surface area (Å²) < 4.78 is 11.6. The predicted octanol–water partition coefficient (Wildman–Crippen LogP) is 6.96. The van der Waals surface area contributed by atoms with Crippen LogP contribution in [-0.4, -0.2) is 48.7 Å². The van der Waals surface area contributed by atoms with Gasteiger partial charge in [-0.1, -0.05) is 81.5 Å². The van der Waals surface area contributed by atoms with Crippen molar-refractivity contribution in [3.63, 3.8) is 0 Å². The molecule has 2 heterocycles. The highest BCUT2D eigenvalue weighted by atomic mass is 16.6. The van der Waals surface area contributed by atoms with E-state index in [9.17, 15) is 9.59 Å². The Hall–Kier alpha value is -2.14. The average molecular weight is 498 g/mol. The van der Waals surface area contributed by atoms with Gasteiger partial charge in [0, 0.05) is 18.5 Å². The standard InChI is InChI=1S/C31H47NO4/c1-3-4-5-6-7-8-9-10-11-12-16-19-30(33)35-24-29(25-17-14-13-15-18-25)31(34)36-28-22-26-20-21-27(23-28)32(26)2/h6-7,13-15,17-18,26-29H,3-5,8-12,16,19-24H2,1-2H3/t26-,27+,28?,29?. The molecule has 0 amide bonds. The SMILES string of the molecule is CCCCC=CCCCCCCCC(=O)OCC(C(=O)OC1C[C@H]2CC[C@@H](C1)N2C)c1ccccc1. The first-order chi connectivity index (χ1) is 17.6. The number of benzene rings is 1. The van der Waals surface area contributed by atoms with Gasteiger partial charge < -0.3 is 14.4 Å². The molecule has 0 aromatic heterocycles. The fraction of sp³-hybridized carbons (Fsp3) is 0.677. The Morgan fingerprint density at radius 2 is 1.58 bits per heavy atom. The number of unbranched alkanes of at least 4 members (excludes halogenated alkanes) is 7. The van der Waals surface area contributed by atoms with Crippen LogP contribution in [0.3, 0.4) is 0 Å². The van der Waals surface area contributed by atoms with Crippen molar-refractivity contribution in [1.29, 1.82) is 0 Å². The fourth-order valence-corrected chi connectivity index (χ4v) is 5.56. The van der Waals surface area contributed by atoms with E-state index in [1.807, 2.05) is 30.3 Å². The molecule has 2 aliphatic heterocycles. The Morgan fingerprint density at radius 3 is 2.28 bits per heavy atom. The smallest absolute Gasteiger partial charge is 0.317 e. The molecule has 5 nitrogen and oxygen atoms in total. The summed E-state index contributed by atoms with van der Waals surface area (Å²) in [5, 5.41) is 0. The first-order valence-electron chi connectivity index (χ1n) is 14.4. The molecular weight excluding hydrogens is 450 g/mol. The van der Waals surface area contributed by atoms with Gasteiger partial charge in [-0.25, -0.2) is 0 Å². The van der Waals surface area contributed by atoms with E-state index in [0.717, 1.165) is 44.1 Å². The largest absolute Gasteiger partial charge is 0.464 e. The summed E-state index contributed by atoms with van der Waals surface area (Å²) in [5.41, 5.74) is 0.843. The summed E-state index contributed by atoms with van der Waals surface area (Å²) in [6.45, 7) is 2.27. The van der Waals surface area contributed by atoms with Gasteiger partial charge in [-0.15, -0.1) is 0 Å². The number of hydrogen-bond donors (Lipinski definition) is 0. The minimum atomic E-state index is -0.571. The number of ether oxygens (including phenoxy) is 2. The number of carbonyl (C=O) groups excluding carboxylic acids is 2. The number of fused-ring (bicyclic) bond motifs is 2. The van der Waals surface area contributed by atoms with Gasteiger partial charge in [0.05, 0.1) is 0 Å². The monoisotopic (exact) mass is 497 g/mol. The Balaban J connectivity index is 1.36. The summed E-state index contributed by atoms with van der Waals surface area (Å²) >= 11 is 0. The highest BCUT2D eigenvalue weighted by Gasteiger charge is 2.40. The maximum atomic E-state index is 13.2. The van der Waals surface area contributed by atoms with Crippen LogP contribution in [0, 0.1) is 0 Å². The second-order valence-electron chi connectivity index (χ2n) is 10.6. The lowest BCUT2D eigenvalue weighted by molar-refractivity contribution is -0.158. The van der Waals surface area contributed by atoms with Crippen LogP contribution in [-0.2, 0) is 19.1 Å². The summed E-state index contributed by atoms with van der Waals surface area (Å²) in [6, 6.07) is 10.6. The average Bonchev–Trinajstić information content (AvgIpc) is 3.08. The quantitative estimate of drug-likeness (QED) is 0.140. The van der Waals surface area contributed by atoms with Gasteiger partial charge >= 0.3 is 11.9 Å². The number of hydrogen-bond acceptors (Lipinski definition) is 5. The van der Waals surface area contributed by atoms with E-state index in [2.05, 4.69) is 31.0 Å². The van der Waals surface area contributed by atoms with Crippen molar-refractivity contribution in [2.75, 3.05) is 13.7 Å². The highest BCUT2D eigenvalue weighted by Crippen LogP contribution is 2.36. The van der Waals surface area contributed by atoms with Gasteiger partial charge in [0.25, 0.3) is 0 Å². The Bertz CT molecular complexity index is 794. The van der Waals surface area contributed by atoms with Gasteiger partial charge in [0.1, 0.15) is 18.6 Å². The van der Waals surface area contributed by atoms with E-state index < -0.39 is 5.92 Å². The fourth-order valence-electron chi connectivity index (χ4n) is 5.56. The van der Waals surface area contributed by atoms with E-state index in [0.29, 0.717) is 18.5 Å². The molecule has 5 heteroatoms. The molecular formula is C31H47NO4. The summed E-state index contributed by atoms with van der Waals surface area (Å²) in [4.78, 5) is 28.0. The zero-order valence-corrected chi connectivity index (χ0v) is 22.5. The minimum Gasteiger partial charge on any atom is -0.464 e. The van der Waals surface area contributed by atoms with Gasteiger partial charge in [0.15, 0.2) is 0 Å². The summed E-state index contributed by atoms with van der Waals surface area (Å²) in [7, 11) is 2.18. The third-order valence-corrected chi connectivity index (χ3v) is 7.88. The minimum absolute atomic E-state index is 0.0417. The molecule has 36 heavy (non-hydrogen) atoms. The third-order valence-electron chi connectivity index (χ3n) is 7.88. The molecule has 0 aliphatic carbocycles. The van der Waals surface area contributed by atoms with E-state index in [4.69, 9.17) is 9.47 Å². The van der Waals surface area contributed by atoms with Gasteiger partial charge in [-0.3, -0.25) is 9.59 Å². The molecule has 200 valence electrons. The van der Waals surface area contributed by atoms with Crippen molar-refractivity contribution in [3.8, 4) is 0 Å². The number of nitrogens with zero attached hydrogens (tertiary/aromatic N) is 1. The van der Waals surface area contributed by atoms with Crippen LogP contribution in [0.4, 0.5) is 0 Å². The summed E-state index contributed by atoms with van der Waals surface area (Å²) in [6.07, 6.45) is 19.5. The van der Waals surface area contributed by atoms with Crippen LogP contribution in [0.15, 0.2) is 42.5 Å². The predicted molar refractivity (Wildman–Crippen MR) is 145 cm³/mol. The van der Waals surface area contributed by atoms with Crippen LogP contribution in [0.2, 0.25) is 0 Å². The molecule has 2 bridgehead atoms. The first kappa shape index (κ1) is 28.4. The molecule has 2 fully saturated rings. The molecule has 4 atom stereocenters. The van der Waals surface area contributed by atoms with Gasteiger partial charge in [-0.05, 0) is 64.0 Å².